The molecule has 5 rings (SSSR count). The highest BCUT2D eigenvalue weighted by molar-refractivity contribution is 6.31. The number of amides is 1. The standard InChI is InChI=1S/C26H25Cl2N3O5/c1-36-22(32)7-3-6-21-24(31(34)35)23(16-4-2-5-17(27)12-16)26(30(21)14-15-8-9-15)19-11-10-18(28)13-20(19)29-25(26)33/h2-5,7,10-13,15,21,23-24H,6,8-9,14H2,1H3,(H,29,33)/b7-3+/t21-,23-,24+,26+/m0/s1. The van der Waals surface area contributed by atoms with Crippen LogP contribution in [0.4, 0.5) is 5.69 Å². The first-order valence-corrected chi connectivity index (χ1v) is 12.5. The average molecular weight is 530 g/mol. The Hall–Kier alpha value is -2.94. The molecule has 2 heterocycles. The molecule has 2 aromatic rings. The van der Waals surface area contributed by atoms with Crippen LogP contribution in [-0.4, -0.2) is 47.4 Å². The van der Waals surface area contributed by atoms with Crippen molar-refractivity contribution in [2.24, 2.45) is 5.92 Å². The first-order chi connectivity index (χ1) is 17.3. The third-order valence-electron chi connectivity index (χ3n) is 7.46. The number of hydrogen-bond donors (Lipinski definition) is 1. The predicted molar refractivity (Wildman–Crippen MR) is 136 cm³/mol. The topological polar surface area (TPSA) is 102 Å². The Labute approximate surface area is 218 Å². The van der Waals surface area contributed by atoms with E-state index in [1.165, 1.54) is 13.2 Å². The molecular weight excluding hydrogens is 505 g/mol. The molecular formula is C26H25Cl2N3O5. The molecule has 1 aliphatic carbocycles. The Balaban J connectivity index is 1.75. The lowest BCUT2D eigenvalue weighted by molar-refractivity contribution is -0.528. The normalized spacial score (nSPS) is 27.4. The first-order valence-electron chi connectivity index (χ1n) is 11.8. The van der Waals surface area contributed by atoms with Crippen molar-refractivity contribution in [3.63, 3.8) is 0 Å². The molecule has 3 aliphatic rings. The minimum absolute atomic E-state index is 0.197. The summed E-state index contributed by atoms with van der Waals surface area (Å²) in [6.07, 6.45) is 5.06. The van der Waals surface area contributed by atoms with Gasteiger partial charge in [0.25, 0.3) is 5.91 Å². The van der Waals surface area contributed by atoms with Gasteiger partial charge in [0.05, 0.1) is 19.1 Å². The van der Waals surface area contributed by atoms with Crippen molar-refractivity contribution in [2.45, 2.75) is 42.8 Å². The minimum Gasteiger partial charge on any atom is -0.466 e. The molecule has 2 fully saturated rings. The lowest BCUT2D eigenvalue weighted by Crippen LogP contribution is -2.52. The number of fused-ring (bicyclic) bond motifs is 2. The van der Waals surface area contributed by atoms with Crippen LogP contribution in [-0.2, 0) is 19.9 Å². The number of esters is 1. The number of ether oxygens (including phenoxy) is 1. The lowest BCUT2D eigenvalue weighted by atomic mass is 9.73. The van der Waals surface area contributed by atoms with Gasteiger partial charge in [0.15, 0.2) is 0 Å². The fourth-order valence-electron chi connectivity index (χ4n) is 5.88. The molecule has 0 bridgehead atoms. The van der Waals surface area contributed by atoms with Crippen LogP contribution in [0, 0.1) is 16.0 Å². The highest BCUT2D eigenvalue weighted by Gasteiger charge is 2.70. The van der Waals surface area contributed by atoms with E-state index in [9.17, 15) is 19.7 Å². The molecule has 0 unspecified atom stereocenters. The third-order valence-corrected chi connectivity index (χ3v) is 7.93. The largest absolute Gasteiger partial charge is 0.466 e. The quantitative estimate of drug-likeness (QED) is 0.239. The summed E-state index contributed by atoms with van der Waals surface area (Å²) in [6, 6.07) is 10.3. The van der Waals surface area contributed by atoms with E-state index in [-0.39, 0.29) is 17.3 Å². The van der Waals surface area contributed by atoms with Crippen LogP contribution in [0.25, 0.3) is 0 Å². The number of nitrogens with one attached hydrogen (secondary N) is 1. The van der Waals surface area contributed by atoms with Crippen molar-refractivity contribution in [2.75, 3.05) is 19.0 Å². The Morgan fingerprint density at radius 2 is 2.00 bits per heavy atom. The van der Waals surface area contributed by atoms with E-state index >= 15 is 0 Å². The summed E-state index contributed by atoms with van der Waals surface area (Å²) in [7, 11) is 1.27. The van der Waals surface area contributed by atoms with Gasteiger partial charge in [0.2, 0.25) is 6.04 Å². The van der Waals surface area contributed by atoms with Gasteiger partial charge in [-0.25, -0.2) is 4.79 Å². The number of carbonyl (C=O) groups excluding carboxylic acids is 2. The maximum Gasteiger partial charge on any atom is 0.330 e. The van der Waals surface area contributed by atoms with Gasteiger partial charge in [0, 0.05) is 38.8 Å². The maximum absolute atomic E-state index is 14.0. The minimum atomic E-state index is -1.34. The molecule has 4 atom stereocenters. The number of benzene rings is 2. The molecule has 1 N–H and O–H groups in total. The van der Waals surface area contributed by atoms with Crippen LogP contribution in [0.15, 0.2) is 54.6 Å². The molecule has 8 nitrogen and oxygen atoms in total. The number of rotatable bonds is 7. The summed E-state index contributed by atoms with van der Waals surface area (Å²) < 4.78 is 4.70. The SMILES string of the molecule is COC(=O)/C=C/C[C@H]1[C@@H]([N+](=O)[O-])[C@H](c2cccc(Cl)c2)[C@]2(C(=O)Nc3cc(Cl)ccc32)N1CC1CC1. The third kappa shape index (κ3) is 4.07. The van der Waals surface area contributed by atoms with Crippen LogP contribution in [0.5, 0.6) is 0 Å². The number of anilines is 1. The fraction of sp³-hybridized carbons (Fsp3) is 0.385. The van der Waals surface area contributed by atoms with Crippen LogP contribution >= 0.6 is 23.2 Å². The summed E-state index contributed by atoms with van der Waals surface area (Å²) in [4.78, 5) is 40.3. The van der Waals surface area contributed by atoms with E-state index in [1.54, 1.807) is 48.5 Å². The second-order valence-electron chi connectivity index (χ2n) is 9.54. The van der Waals surface area contributed by atoms with E-state index in [0.717, 1.165) is 12.8 Å². The van der Waals surface area contributed by atoms with Gasteiger partial charge in [-0.1, -0.05) is 47.5 Å². The Morgan fingerprint density at radius 1 is 1.25 bits per heavy atom. The van der Waals surface area contributed by atoms with Gasteiger partial charge < -0.3 is 10.1 Å². The molecule has 36 heavy (non-hydrogen) atoms. The van der Waals surface area contributed by atoms with Gasteiger partial charge in [-0.2, -0.15) is 0 Å². The van der Waals surface area contributed by atoms with Crippen LogP contribution in [0.2, 0.25) is 10.0 Å². The average Bonchev–Trinajstić information content (AvgIpc) is 3.55. The summed E-state index contributed by atoms with van der Waals surface area (Å²) in [5.41, 5.74) is 0.485. The number of methoxy groups -OCH3 is 1. The molecule has 2 aliphatic heterocycles. The zero-order valence-corrected chi connectivity index (χ0v) is 21.0. The van der Waals surface area contributed by atoms with Crippen molar-refractivity contribution in [1.29, 1.82) is 0 Å². The smallest absolute Gasteiger partial charge is 0.330 e. The summed E-state index contributed by atoms with van der Waals surface area (Å²) >= 11 is 12.6. The van der Waals surface area contributed by atoms with Crippen molar-refractivity contribution in [3.8, 4) is 0 Å². The van der Waals surface area contributed by atoms with E-state index in [0.29, 0.717) is 39.3 Å². The van der Waals surface area contributed by atoms with Gasteiger partial charge >= 0.3 is 5.97 Å². The number of hydrogen-bond acceptors (Lipinski definition) is 6. The number of likely N-dealkylation sites (tertiary alicyclic amines) is 1. The van der Waals surface area contributed by atoms with E-state index in [4.69, 9.17) is 27.9 Å². The van der Waals surface area contributed by atoms with Crippen LogP contribution < -0.4 is 5.32 Å². The zero-order chi connectivity index (χ0) is 25.6. The number of halogens is 2. The van der Waals surface area contributed by atoms with Crippen LogP contribution in [0.1, 0.15) is 36.3 Å². The lowest BCUT2D eigenvalue weighted by Gasteiger charge is -2.38. The second kappa shape index (κ2) is 9.50. The predicted octanol–water partition coefficient (Wildman–Crippen LogP) is 4.78. The number of carbonyl (C=O) groups is 2. The molecule has 188 valence electrons. The van der Waals surface area contributed by atoms with Crippen molar-refractivity contribution >= 4 is 40.8 Å². The molecule has 1 amide bonds. The summed E-state index contributed by atoms with van der Waals surface area (Å²) in [5.74, 6) is -1.36. The molecule has 2 aromatic carbocycles. The molecule has 1 spiro atoms. The molecule has 1 saturated carbocycles. The molecule has 1 saturated heterocycles. The number of nitro groups is 1. The zero-order valence-electron chi connectivity index (χ0n) is 19.5. The Morgan fingerprint density at radius 3 is 2.67 bits per heavy atom. The number of nitrogens with zero attached hydrogens (tertiary/aromatic N) is 2. The van der Waals surface area contributed by atoms with Crippen molar-refractivity contribution in [3.05, 3.63) is 85.9 Å². The van der Waals surface area contributed by atoms with Crippen molar-refractivity contribution in [1.82, 2.24) is 4.90 Å². The van der Waals surface area contributed by atoms with E-state index in [1.807, 2.05) is 4.90 Å². The van der Waals surface area contributed by atoms with Gasteiger partial charge in [-0.15, -0.1) is 0 Å². The monoisotopic (exact) mass is 529 g/mol. The Kier molecular flexibility index (Phi) is 6.53. The molecule has 0 radical (unpaired) electrons. The Bertz CT molecular complexity index is 1260. The second-order valence-corrected chi connectivity index (χ2v) is 10.4. The highest BCUT2D eigenvalue weighted by Crippen LogP contribution is 2.59. The summed E-state index contributed by atoms with van der Waals surface area (Å²) in [5, 5.41) is 16.6. The van der Waals surface area contributed by atoms with Gasteiger partial charge in [0.1, 0.15) is 5.54 Å². The van der Waals surface area contributed by atoms with E-state index < -0.39 is 29.5 Å². The van der Waals surface area contributed by atoms with Crippen molar-refractivity contribution < 1.29 is 19.2 Å². The van der Waals surface area contributed by atoms with Gasteiger partial charge in [-0.05, 0) is 55.0 Å². The fourth-order valence-corrected chi connectivity index (χ4v) is 6.25. The highest BCUT2D eigenvalue weighted by atomic mass is 35.5. The summed E-state index contributed by atoms with van der Waals surface area (Å²) in [6.45, 7) is 0.521. The van der Waals surface area contributed by atoms with Gasteiger partial charge in [-0.3, -0.25) is 19.8 Å². The maximum atomic E-state index is 14.0. The van der Waals surface area contributed by atoms with Crippen LogP contribution in [0.3, 0.4) is 0 Å². The molecule has 0 aromatic heterocycles. The van der Waals surface area contributed by atoms with E-state index in [2.05, 4.69) is 5.32 Å². The first kappa shape index (κ1) is 24.7. The molecule has 10 heteroatoms.